The van der Waals surface area contributed by atoms with Crippen LogP contribution in [0.3, 0.4) is 0 Å². The molecule has 1 saturated carbocycles. The number of nitrogens with zero attached hydrogens (tertiary/aromatic N) is 4. The highest BCUT2D eigenvalue weighted by atomic mass is 16.6. The number of anilines is 1. The first-order valence-electron chi connectivity index (χ1n) is 9.20. The van der Waals surface area contributed by atoms with Crippen molar-refractivity contribution in [1.82, 2.24) is 19.5 Å². The van der Waals surface area contributed by atoms with Crippen LogP contribution in [0.5, 0.6) is 0 Å². The van der Waals surface area contributed by atoms with Crippen LogP contribution in [0.25, 0.3) is 11.2 Å². The maximum Gasteiger partial charge on any atom is 0.208 e. The molecule has 27 heavy (non-hydrogen) atoms. The highest BCUT2D eigenvalue weighted by Crippen LogP contribution is 2.32. The van der Waals surface area contributed by atoms with Gasteiger partial charge in [0.15, 0.2) is 17.7 Å². The van der Waals surface area contributed by atoms with E-state index in [1.165, 1.54) is 36.6 Å². The van der Waals surface area contributed by atoms with Crippen LogP contribution < -0.4 is 5.73 Å². The first-order chi connectivity index (χ1) is 13.1. The molecular weight excluding hydrogens is 350 g/mol. The van der Waals surface area contributed by atoms with Crippen molar-refractivity contribution in [3.63, 3.8) is 0 Å². The van der Waals surface area contributed by atoms with E-state index in [2.05, 4.69) is 26.8 Å². The number of fused-ring (bicyclic) bond motifs is 1. The third-order valence-corrected chi connectivity index (χ3v) is 5.31. The van der Waals surface area contributed by atoms with Crippen molar-refractivity contribution in [2.45, 2.75) is 56.6 Å². The predicted molar refractivity (Wildman–Crippen MR) is 96.2 cm³/mol. The molecule has 9 heteroatoms. The van der Waals surface area contributed by atoms with Gasteiger partial charge in [-0.2, -0.15) is 0 Å². The van der Waals surface area contributed by atoms with Gasteiger partial charge in [-0.3, -0.25) is 4.57 Å². The number of aromatic nitrogens is 4. The average Bonchev–Trinajstić information content (AvgIpc) is 3.37. The van der Waals surface area contributed by atoms with Gasteiger partial charge >= 0.3 is 0 Å². The fourth-order valence-corrected chi connectivity index (χ4v) is 3.78. The Bertz CT molecular complexity index is 883. The van der Waals surface area contributed by atoms with Crippen molar-refractivity contribution in [2.24, 2.45) is 5.92 Å². The van der Waals surface area contributed by atoms with Crippen LogP contribution >= 0.6 is 0 Å². The van der Waals surface area contributed by atoms with E-state index in [0.717, 1.165) is 6.42 Å². The number of nitrogen functional groups attached to an aromatic ring is 1. The van der Waals surface area contributed by atoms with Crippen LogP contribution in [-0.4, -0.2) is 59.8 Å². The molecular formula is C18H23N5O4. The van der Waals surface area contributed by atoms with Gasteiger partial charge in [-0.15, -0.1) is 0 Å². The number of aliphatic hydroxyl groups excluding tert-OH is 3. The Morgan fingerprint density at radius 2 is 2.00 bits per heavy atom. The molecule has 5 N–H and O–H groups in total. The van der Waals surface area contributed by atoms with Gasteiger partial charge in [-0.1, -0.05) is 18.8 Å². The summed E-state index contributed by atoms with van der Waals surface area (Å²) in [6, 6.07) is 0. The minimum Gasteiger partial charge on any atom is -0.394 e. The van der Waals surface area contributed by atoms with Crippen molar-refractivity contribution < 1.29 is 20.1 Å². The Kier molecular flexibility index (Phi) is 4.97. The summed E-state index contributed by atoms with van der Waals surface area (Å²) in [4.78, 5) is 12.8. The number of ether oxygens (including phenoxy) is 1. The smallest absolute Gasteiger partial charge is 0.208 e. The summed E-state index contributed by atoms with van der Waals surface area (Å²) in [7, 11) is 0. The molecule has 1 aliphatic carbocycles. The fourth-order valence-electron chi connectivity index (χ4n) is 3.78. The Morgan fingerprint density at radius 3 is 2.70 bits per heavy atom. The second-order valence-corrected chi connectivity index (χ2v) is 7.14. The van der Waals surface area contributed by atoms with Gasteiger partial charge < -0.3 is 25.8 Å². The second-order valence-electron chi connectivity index (χ2n) is 7.14. The van der Waals surface area contributed by atoms with E-state index < -0.39 is 31.1 Å². The number of aliphatic hydroxyl groups is 3. The maximum atomic E-state index is 10.3. The highest BCUT2D eigenvalue weighted by molar-refractivity contribution is 5.82. The van der Waals surface area contributed by atoms with Gasteiger partial charge in [0.1, 0.15) is 23.8 Å². The Morgan fingerprint density at radius 1 is 1.22 bits per heavy atom. The van der Waals surface area contributed by atoms with E-state index >= 15 is 0 Å². The number of hydrogen-bond donors (Lipinski definition) is 4. The highest BCUT2D eigenvalue weighted by Gasteiger charge is 2.44. The second kappa shape index (κ2) is 7.40. The molecule has 1 saturated heterocycles. The molecule has 0 spiro atoms. The largest absolute Gasteiger partial charge is 0.394 e. The monoisotopic (exact) mass is 373 g/mol. The van der Waals surface area contributed by atoms with E-state index in [1.807, 2.05) is 0 Å². The maximum absolute atomic E-state index is 10.3. The molecule has 0 radical (unpaired) electrons. The molecule has 2 aromatic heterocycles. The molecule has 1 aliphatic heterocycles. The molecule has 2 aliphatic rings. The lowest BCUT2D eigenvalue weighted by molar-refractivity contribution is -0.0511. The molecule has 144 valence electrons. The third kappa shape index (κ3) is 3.37. The summed E-state index contributed by atoms with van der Waals surface area (Å²) in [5.74, 6) is 7.22. The predicted octanol–water partition coefficient (Wildman–Crippen LogP) is -0.0482. The van der Waals surface area contributed by atoms with Crippen molar-refractivity contribution >= 4 is 17.0 Å². The third-order valence-electron chi connectivity index (χ3n) is 5.31. The first kappa shape index (κ1) is 18.1. The summed E-state index contributed by atoms with van der Waals surface area (Å²) < 4.78 is 7.04. The van der Waals surface area contributed by atoms with E-state index in [0.29, 0.717) is 17.1 Å². The summed E-state index contributed by atoms with van der Waals surface area (Å²) >= 11 is 0. The first-order valence-corrected chi connectivity index (χ1v) is 9.20. The normalized spacial score (nSPS) is 28.6. The molecule has 2 fully saturated rings. The molecule has 4 atom stereocenters. The zero-order valence-electron chi connectivity index (χ0n) is 14.8. The summed E-state index contributed by atoms with van der Waals surface area (Å²) in [5.41, 5.74) is 6.72. The van der Waals surface area contributed by atoms with Crippen LogP contribution in [0.2, 0.25) is 0 Å². The quantitative estimate of drug-likeness (QED) is 0.549. The van der Waals surface area contributed by atoms with Crippen LogP contribution in [0, 0.1) is 17.8 Å². The molecule has 0 aromatic carbocycles. The Labute approximate surface area is 156 Å². The summed E-state index contributed by atoms with van der Waals surface area (Å²) in [5, 5.41) is 29.5. The van der Waals surface area contributed by atoms with Gasteiger partial charge in [0.25, 0.3) is 0 Å². The Balaban J connectivity index is 1.63. The molecule has 2 aromatic rings. The van der Waals surface area contributed by atoms with Crippen LogP contribution in [0.4, 0.5) is 5.82 Å². The lowest BCUT2D eigenvalue weighted by Crippen LogP contribution is -2.33. The van der Waals surface area contributed by atoms with Gasteiger partial charge in [-0.05, 0) is 24.7 Å². The van der Waals surface area contributed by atoms with E-state index in [1.54, 1.807) is 0 Å². The lowest BCUT2D eigenvalue weighted by atomic mass is 10.1. The van der Waals surface area contributed by atoms with Crippen LogP contribution in [0.15, 0.2) is 6.33 Å². The minimum atomic E-state index is -1.23. The standard InChI is InChI=1S/C18H23N5O4/c19-16-13-17(22-12(21-16)7-3-6-10-4-1-2-5-10)23(9-20-13)18-15(26)14(25)11(8-24)27-18/h9-11,14-15,18,24-26H,1-2,4-6,8H2,(H2,19,21,22)/t11-,14?,15?,18-/m1/s1. The van der Waals surface area contributed by atoms with Gasteiger partial charge in [-0.25, -0.2) is 15.0 Å². The number of imidazole rings is 1. The van der Waals surface area contributed by atoms with Gasteiger partial charge in [0.05, 0.1) is 12.9 Å². The number of rotatable bonds is 3. The van der Waals surface area contributed by atoms with Crippen LogP contribution in [0.1, 0.15) is 44.2 Å². The summed E-state index contributed by atoms with van der Waals surface area (Å²) in [6.45, 7) is -0.406. The van der Waals surface area contributed by atoms with E-state index in [4.69, 9.17) is 10.5 Å². The molecule has 0 amide bonds. The zero-order chi connectivity index (χ0) is 19.0. The fraction of sp³-hybridized carbons (Fsp3) is 0.611. The van der Waals surface area contributed by atoms with Gasteiger partial charge in [0, 0.05) is 6.42 Å². The zero-order valence-corrected chi connectivity index (χ0v) is 14.8. The van der Waals surface area contributed by atoms with Crippen LogP contribution in [-0.2, 0) is 4.74 Å². The van der Waals surface area contributed by atoms with Crippen molar-refractivity contribution in [3.05, 3.63) is 12.2 Å². The van der Waals surface area contributed by atoms with Crippen molar-refractivity contribution in [3.8, 4) is 11.8 Å². The lowest BCUT2D eigenvalue weighted by Gasteiger charge is -2.16. The topological polar surface area (TPSA) is 140 Å². The van der Waals surface area contributed by atoms with Gasteiger partial charge in [0.2, 0.25) is 5.82 Å². The molecule has 2 unspecified atom stereocenters. The van der Waals surface area contributed by atoms with E-state index in [-0.39, 0.29) is 11.6 Å². The molecule has 4 rings (SSSR count). The number of nitrogens with two attached hydrogens (primary N) is 1. The minimum absolute atomic E-state index is 0.190. The van der Waals surface area contributed by atoms with Crippen molar-refractivity contribution in [1.29, 1.82) is 0 Å². The number of hydrogen-bond acceptors (Lipinski definition) is 8. The summed E-state index contributed by atoms with van der Waals surface area (Å²) in [6.07, 6.45) is 2.96. The SMILES string of the molecule is Nc1nc(C#CCC2CCCC2)nc2c1ncn2[C@@H]1O[C@H](CO)C(O)C1O. The Hall–Kier alpha value is -2.25. The molecule has 9 nitrogen and oxygen atoms in total. The average molecular weight is 373 g/mol. The molecule has 0 bridgehead atoms. The molecule has 3 heterocycles. The van der Waals surface area contributed by atoms with Crippen molar-refractivity contribution in [2.75, 3.05) is 12.3 Å². The van der Waals surface area contributed by atoms with E-state index in [9.17, 15) is 15.3 Å².